The Kier molecular flexibility index (Phi) is 4.44. The van der Waals surface area contributed by atoms with Gasteiger partial charge in [-0.1, -0.05) is 12.1 Å². The molecule has 0 aliphatic rings. The van der Waals surface area contributed by atoms with Gasteiger partial charge in [0.05, 0.1) is 19.7 Å². The van der Waals surface area contributed by atoms with E-state index in [-0.39, 0.29) is 5.91 Å². The third-order valence-corrected chi connectivity index (χ3v) is 4.59. The minimum Gasteiger partial charge on any atom is -0.493 e. The van der Waals surface area contributed by atoms with E-state index >= 15 is 0 Å². The molecule has 0 atom stereocenters. The molecule has 2 aromatic carbocycles. The molecule has 0 spiro atoms. The summed E-state index contributed by atoms with van der Waals surface area (Å²) in [5, 5.41) is 10.5. The van der Waals surface area contributed by atoms with E-state index in [1.807, 2.05) is 54.1 Å². The Labute approximate surface area is 161 Å². The van der Waals surface area contributed by atoms with Gasteiger partial charge in [-0.15, -0.1) is 0 Å². The molecular formula is C20H19N5O3. The number of methoxy groups -OCH3 is 2. The molecule has 2 aromatic heterocycles. The summed E-state index contributed by atoms with van der Waals surface area (Å²) in [6.07, 6.45) is 1.44. The zero-order chi connectivity index (χ0) is 19.7. The predicted octanol–water partition coefficient (Wildman–Crippen LogP) is 3.23. The topological polar surface area (TPSA) is 94.1 Å². The Morgan fingerprint density at radius 3 is 2.61 bits per heavy atom. The first-order valence-electron chi connectivity index (χ1n) is 8.59. The van der Waals surface area contributed by atoms with Gasteiger partial charge in [-0.05, 0) is 24.3 Å². The molecule has 0 unspecified atom stereocenters. The van der Waals surface area contributed by atoms with E-state index in [0.29, 0.717) is 28.7 Å². The van der Waals surface area contributed by atoms with Crippen LogP contribution in [-0.4, -0.2) is 39.9 Å². The van der Waals surface area contributed by atoms with E-state index in [4.69, 9.17) is 9.47 Å². The summed E-state index contributed by atoms with van der Waals surface area (Å²) in [6, 6.07) is 13.0. The molecule has 4 aromatic rings. The van der Waals surface area contributed by atoms with Crippen molar-refractivity contribution in [2.45, 2.75) is 0 Å². The minimum absolute atomic E-state index is 0.216. The van der Waals surface area contributed by atoms with Gasteiger partial charge in [0.15, 0.2) is 17.3 Å². The lowest BCUT2D eigenvalue weighted by Gasteiger charge is -2.09. The second-order valence-corrected chi connectivity index (χ2v) is 6.22. The highest BCUT2D eigenvalue weighted by atomic mass is 16.5. The monoisotopic (exact) mass is 377 g/mol. The average Bonchev–Trinajstić information content (AvgIpc) is 3.35. The Morgan fingerprint density at radius 1 is 1.11 bits per heavy atom. The summed E-state index contributed by atoms with van der Waals surface area (Å²) < 4.78 is 12.5. The summed E-state index contributed by atoms with van der Waals surface area (Å²) in [5.74, 6) is 1.65. The lowest BCUT2D eigenvalue weighted by Crippen LogP contribution is -2.15. The van der Waals surface area contributed by atoms with Crippen molar-refractivity contribution in [3.05, 3.63) is 54.5 Å². The molecule has 0 radical (unpaired) electrons. The highest BCUT2D eigenvalue weighted by Gasteiger charge is 2.16. The third-order valence-electron chi connectivity index (χ3n) is 4.59. The lowest BCUT2D eigenvalue weighted by molar-refractivity contribution is 0.101. The molecule has 2 heterocycles. The number of rotatable bonds is 5. The number of nitrogens with zero attached hydrogens (tertiary/aromatic N) is 3. The van der Waals surface area contributed by atoms with E-state index < -0.39 is 0 Å². The first kappa shape index (κ1) is 17.6. The Bertz CT molecular complexity index is 1150. The number of carbonyl (C=O) groups excluding carboxylic acids is 1. The molecule has 0 aliphatic carbocycles. The van der Waals surface area contributed by atoms with Crippen LogP contribution in [0, 0.1) is 0 Å². The lowest BCUT2D eigenvalue weighted by atomic mass is 10.2. The van der Waals surface area contributed by atoms with Crippen LogP contribution in [0.1, 0.15) is 10.5 Å². The number of aromatic nitrogens is 4. The van der Waals surface area contributed by atoms with Gasteiger partial charge in [-0.3, -0.25) is 9.89 Å². The quantitative estimate of drug-likeness (QED) is 0.557. The van der Waals surface area contributed by atoms with Crippen molar-refractivity contribution in [2.75, 3.05) is 19.5 Å². The van der Waals surface area contributed by atoms with Crippen LogP contribution in [0.5, 0.6) is 11.5 Å². The smallest absolute Gasteiger partial charge is 0.272 e. The van der Waals surface area contributed by atoms with E-state index in [1.165, 1.54) is 6.33 Å². The van der Waals surface area contributed by atoms with Gasteiger partial charge in [0.2, 0.25) is 0 Å². The van der Waals surface area contributed by atoms with Crippen molar-refractivity contribution in [1.29, 1.82) is 0 Å². The molecule has 0 saturated heterocycles. The molecule has 0 fully saturated rings. The van der Waals surface area contributed by atoms with Crippen molar-refractivity contribution >= 4 is 22.5 Å². The largest absolute Gasteiger partial charge is 0.493 e. The van der Waals surface area contributed by atoms with Crippen LogP contribution in [0.4, 0.5) is 5.69 Å². The normalized spacial score (nSPS) is 10.8. The molecule has 0 saturated carbocycles. The highest BCUT2D eigenvalue weighted by molar-refractivity contribution is 6.06. The number of amides is 1. The molecule has 2 N–H and O–H groups in total. The number of aromatic amines is 1. The summed E-state index contributed by atoms with van der Waals surface area (Å²) in [4.78, 5) is 17.0. The molecule has 4 rings (SSSR count). The first-order chi connectivity index (χ1) is 13.6. The van der Waals surface area contributed by atoms with Gasteiger partial charge in [0, 0.05) is 29.8 Å². The molecule has 8 nitrogen and oxygen atoms in total. The van der Waals surface area contributed by atoms with Crippen LogP contribution < -0.4 is 14.8 Å². The standard InChI is InChI=1S/C20H19N5O3/c1-25-15-10-18(28-3)17(27-2)9-13(15)8-16(25)20(26)23-14-6-4-5-12(7-14)19-21-11-22-24-19/h4-11H,1-3H3,(H,23,26)(H,21,22,24). The molecule has 0 bridgehead atoms. The number of nitrogens with one attached hydrogen (secondary N) is 2. The second-order valence-electron chi connectivity index (χ2n) is 6.22. The van der Waals surface area contributed by atoms with Crippen molar-refractivity contribution < 1.29 is 14.3 Å². The maximum absolute atomic E-state index is 12.9. The van der Waals surface area contributed by atoms with Crippen LogP contribution in [0.3, 0.4) is 0 Å². The third kappa shape index (κ3) is 3.05. The average molecular weight is 377 g/mol. The number of carbonyl (C=O) groups is 1. The number of fused-ring (bicyclic) bond motifs is 1. The molecular weight excluding hydrogens is 358 g/mol. The predicted molar refractivity (Wildman–Crippen MR) is 106 cm³/mol. The van der Waals surface area contributed by atoms with Crippen LogP contribution in [-0.2, 0) is 7.05 Å². The van der Waals surface area contributed by atoms with Gasteiger partial charge >= 0.3 is 0 Å². The fourth-order valence-corrected chi connectivity index (χ4v) is 3.17. The molecule has 1 amide bonds. The molecule has 8 heteroatoms. The number of anilines is 1. The number of hydrogen-bond acceptors (Lipinski definition) is 5. The fraction of sp³-hybridized carbons (Fsp3) is 0.150. The molecule has 142 valence electrons. The highest BCUT2D eigenvalue weighted by Crippen LogP contribution is 2.33. The van der Waals surface area contributed by atoms with Crippen LogP contribution in [0.25, 0.3) is 22.3 Å². The van der Waals surface area contributed by atoms with Crippen LogP contribution in [0.15, 0.2) is 48.8 Å². The fourth-order valence-electron chi connectivity index (χ4n) is 3.17. The molecule has 0 aliphatic heterocycles. The zero-order valence-corrected chi connectivity index (χ0v) is 15.7. The van der Waals surface area contributed by atoms with Crippen LogP contribution >= 0.6 is 0 Å². The van der Waals surface area contributed by atoms with Crippen molar-refractivity contribution in [3.63, 3.8) is 0 Å². The van der Waals surface area contributed by atoms with Gasteiger partial charge in [0.1, 0.15) is 12.0 Å². The van der Waals surface area contributed by atoms with E-state index in [9.17, 15) is 4.79 Å². The SMILES string of the molecule is COc1cc2cc(C(=O)Nc3cccc(-c4ncn[nH]4)c3)n(C)c2cc1OC. The zero-order valence-electron chi connectivity index (χ0n) is 15.7. The summed E-state index contributed by atoms with van der Waals surface area (Å²) in [6.45, 7) is 0. The summed E-state index contributed by atoms with van der Waals surface area (Å²) >= 11 is 0. The Hall–Kier alpha value is -3.81. The number of benzene rings is 2. The van der Waals surface area contributed by atoms with Crippen LogP contribution in [0.2, 0.25) is 0 Å². The van der Waals surface area contributed by atoms with Gasteiger partial charge in [0.25, 0.3) is 5.91 Å². The summed E-state index contributed by atoms with van der Waals surface area (Å²) in [5.41, 5.74) is 2.90. The van der Waals surface area contributed by atoms with Crippen molar-refractivity contribution in [1.82, 2.24) is 19.7 Å². The number of H-pyrrole nitrogens is 1. The number of hydrogen-bond donors (Lipinski definition) is 2. The summed E-state index contributed by atoms with van der Waals surface area (Å²) in [7, 11) is 5.01. The Balaban J connectivity index is 1.66. The molecule has 28 heavy (non-hydrogen) atoms. The van der Waals surface area contributed by atoms with E-state index in [0.717, 1.165) is 16.5 Å². The van der Waals surface area contributed by atoms with Gasteiger partial charge in [-0.2, -0.15) is 5.10 Å². The first-order valence-corrected chi connectivity index (χ1v) is 8.59. The van der Waals surface area contributed by atoms with E-state index in [2.05, 4.69) is 20.5 Å². The van der Waals surface area contributed by atoms with E-state index in [1.54, 1.807) is 14.2 Å². The van der Waals surface area contributed by atoms with Crippen molar-refractivity contribution in [3.8, 4) is 22.9 Å². The van der Waals surface area contributed by atoms with Gasteiger partial charge in [-0.25, -0.2) is 4.98 Å². The van der Waals surface area contributed by atoms with Gasteiger partial charge < -0.3 is 19.4 Å². The number of ether oxygens (including phenoxy) is 2. The maximum Gasteiger partial charge on any atom is 0.272 e. The maximum atomic E-state index is 12.9. The van der Waals surface area contributed by atoms with Crippen molar-refractivity contribution in [2.24, 2.45) is 7.05 Å². The second kappa shape index (κ2) is 7.07. The number of aryl methyl sites for hydroxylation is 1. The minimum atomic E-state index is -0.216. The Morgan fingerprint density at radius 2 is 1.89 bits per heavy atom.